The minimum atomic E-state index is -1.37. The molecule has 0 radical (unpaired) electrons. The number of hydrogen-bond donors (Lipinski definition) is 6. The van der Waals surface area contributed by atoms with Crippen LogP contribution >= 0.6 is 11.8 Å². The Bertz CT molecular complexity index is 2380. The molecule has 458 valence electrons. The quantitative estimate of drug-likeness (QED) is 0.0308. The maximum absolute atomic E-state index is 13.0. The van der Waals surface area contributed by atoms with E-state index in [-0.39, 0.29) is 105 Å². The minimum absolute atomic E-state index is 0.00488. The number of nitrogens with zero attached hydrogens (tertiary/aromatic N) is 3. The molecule has 5 amide bonds. The third-order valence-corrected chi connectivity index (χ3v) is 16.3. The first kappa shape index (κ1) is 71.9. The van der Waals surface area contributed by atoms with Crippen LogP contribution in [-0.4, -0.2) is 145 Å². The Balaban J connectivity index is 0.000000529. The lowest BCUT2D eigenvalue weighted by Crippen LogP contribution is -2.49. The highest BCUT2D eigenvalue weighted by Crippen LogP contribution is 2.46. The summed E-state index contributed by atoms with van der Waals surface area (Å²) in [5, 5.41) is 47.0. The van der Waals surface area contributed by atoms with E-state index in [0.29, 0.717) is 77.5 Å². The van der Waals surface area contributed by atoms with Crippen LogP contribution in [0.4, 0.5) is 5.69 Å². The standard InChI is InChI=1S/C31H55N3O6S.C29H42N2O6.C2H4O/c1-11-12-23-24(41-31(8,9)15-13-26(36)33(10)22(2)28(38)39)21-27(37)34(23)19-14-25(35)32-18-16-30(6,7)40-20-17-29(3,4)5;1-6-9-25(33)30-29(36)12-8-7-10-19(2)14-21-16-22(27(35)23(32)17-21)31(5)26(34)11-13-28(4)24(37-28)15-20(3)18-29;1-2-3/h12,22,24H,11,13-21H2,1-10H3,(H,32,35)(H,38,39);7-8,10,16-17,20,24,32,35-36H,6,9,11-15,18H2,1-5H3,(H,30,33);2H,1H3/b23-12+;8-7+,19-10+;/t;20?,24?,28?,29-;/m.1./s1. The van der Waals surface area contributed by atoms with Crippen molar-refractivity contribution < 1.29 is 63.5 Å². The Kier molecular flexibility index (Phi) is 28.9. The second-order valence-electron chi connectivity index (χ2n) is 24.7. The van der Waals surface area contributed by atoms with Gasteiger partial charge in [0.2, 0.25) is 29.5 Å². The summed E-state index contributed by atoms with van der Waals surface area (Å²) in [6.45, 7) is 29.1. The molecule has 0 aliphatic carbocycles. The molecule has 0 saturated carbocycles. The Hall–Kier alpha value is -5.24. The third-order valence-electron chi connectivity index (χ3n) is 14.7. The van der Waals surface area contributed by atoms with Crippen LogP contribution in [0.25, 0.3) is 0 Å². The average Bonchev–Trinajstić information content (AvgIpc) is 4.18. The number of carbonyl (C=O) groups is 7. The third kappa shape index (κ3) is 25.4. The van der Waals surface area contributed by atoms with E-state index in [2.05, 4.69) is 37.5 Å². The molecule has 3 aliphatic heterocycles. The van der Waals surface area contributed by atoms with Crippen molar-refractivity contribution in [1.29, 1.82) is 0 Å². The molecule has 3 aliphatic rings. The maximum atomic E-state index is 13.0. The van der Waals surface area contributed by atoms with E-state index in [1.165, 1.54) is 36.8 Å². The van der Waals surface area contributed by atoms with Crippen LogP contribution in [0.3, 0.4) is 0 Å². The molecule has 2 saturated heterocycles. The summed E-state index contributed by atoms with van der Waals surface area (Å²) in [5.41, 5.74) is 1.01. The van der Waals surface area contributed by atoms with Crippen molar-refractivity contribution >= 4 is 59.2 Å². The highest BCUT2D eigenvalue weighted by molar-refractivity contribution is 8.01. The number of epoxide rings is 1. The number of likely N-dealkylation sites (tertiary alicyclic amines) is 1. The summed E-state index contributed by atoms with van der Waals surface area (Å²) in [6.07, 6.45) is 15.8. The number of phenolic OH excluding ortho intramolecular Hbond substituents is 2. The molecule has 0 spiro atoms. The molecule has 4 rings (SSSR count). The number of phenols is 2. The van der Waals surface area contributed by atoms with Crippen LogP contribution < -0.4 is 15.5 Å². The van der Waals surface area contributed by atoms with Crippen LogP contribution in [0.1, 0.15) is 192 Å². The highest BCUT2D eigenvalue weighted by atomic mass is 32.2. The fraction of sp³-hybridized carbons (Fsp3) is 0.694. The number of carbonyl (C=O) groups excluding carboxylic acids is 6. The van der Waals surface area contributed by atoms with E-state index in [9.17, 15) is 49.2 Å². The fourth-order valence-corrected chi connectivity index (χ4v) is 11.1. The normalized spacial score (nSPS) is 23.8. The van der Waals surface area contributed by atoms with Gasteiger partial charge in [0, 0.05) is 82.8 Å². The molecule has 2 fully saturated rings. The van der Waals surface area contributed by atoms with Gasteiger partial charge in [0.1, 0.15) is 18.1 Å². The van der Waals surface area contributed by atoms with Gasteiger partial charge in [-0.3, -0.25) is 24.0 Å². The van der Waals surface area contributed by atoms with E-state index in [1.54, 1.807) is 29.8 Å². The lowest BCUT2D eigenvalue weighted by Gasteiger charge is -2.31. The lowest BCUT2D eigenvalue weighted by molar-refractivity contribution is -0.148. The maximum Gasteiger partial charge on any atom is 0.326 e. The SMILES string of the molecule is CC/C=C1\C(SC(C)(C)CCC(=O)N(C)C(C)C(=O)O)CC(=O)N1CCC(=O)NCCC(C)(C)OCCC(C)(C)C.CC=O.CCCC(=O)N[C@@]1(O)C/C=C/C=C(\C)Cc2cc(O)c(O)c(c2)N(C)C(=O)CCC2(C)OC2CC(C)C1. The van der Waals surface area contributed by atoms with E-state index in [0.717, 1.165) is 36.0 Å². The number of amides is 5. The van der Waals surface area contributed by atoms with Crippen LogP contribution in [0.2, 0.25) is 0 Å². The van der Waals surface area contributed by atoms with E-state index in [4.69, 9.17) is 14.3 Å². The molecule has 0 aromatic heterocycles. The summed E-state index contributed by atoms with van der Waals surface area (Å²) in [4.78, 5) is 87.9. The van der Waals surface area contributed by atoms with Gasteiger partial charge in [0.15, 0.2) is 11.5 Å². The van der Waals surface area contributed by atoms with Crippen LogP contribution in [-0.2, 0) is 49.5 Å². The number of fused-ring (bicyclic) bond motifs is 3. The molecule has 6 atom stereocenters. The number of carboxylic acid groups (broad SMARTS) is 1. The second kappa shape index (κ2) is 32.6. The van der Waals surface area contributed by atoms with Gasteiger partial charge in [0.05, 0.1) is 28.2 Å². The van der Waals surface area contributed by atoms with Gasteiger partial charge in [-0.15, -0.1) is 11.8 Å². The van der Waals surface area contributed by atoms with Crippen molar-refractivity contribution in [3.8, 4) is 11.5 Å². The highest BCUT2D eigenvalue weighted by Gasteiger charge is 2.52. The first-order valence-corrected chi connectivity index (χ1v) is 29.8. The molecule has 81 heavy (non-hydrogen) atoms. The van der Waals surface area contributed by atoms with Crippen molar-refractivity contribution in [2.24, 2.45) is 11.3 Å². The molecule has 6 N–H and O–H groups in total. The minimum Gasteiger partial charge on any atom is -0.504 e. The number of rotatable bonds is 20. The van der Waals surface area contributed by atoms with Crippen LogP contribution in [0.15, 0.2) is 47.7 Å². The second-order valence-corrected chi connectivity index (χ2v) is 26.6. The predicted octanol–water partition coefficient (Wildman–Crippen LogP) is 9.91. The number of aliphatic hydroxyl groups is 1. The summed E-state index contributed by atoms with van der Waals surface area (Å²) >= 11 is 1.66. The summed E-state index contributed by atoms with van der Waals surface area (Å²) in [7, 11) is 3.10. The molecule has 1 aromatic carbocycles. The van der Waals surface area contributed by atoms with Crippen molar-refractivity contribution in [3.05, 3.63) is 53.3 Å². The molecular formula is C62H101N5O13S. The molecule has 2 bridgehead atoms. The van der Waals surface area contributed by atoms with E-state index in [1.807, 2.05) is 80.5 Å². The first-order chi connectivity index (χ1) is 37.6. The van der Waals surface area contributed by atoms with Gasteiger partial charge in [-0.25, -0.2) is 4.79 Å². The number of benzene rings is 1. The zero-order chi connectivity index (χ0) is 61.7. The number of carboxylic acids is 1. The molecular weight excluding hydrogens is 1050 g/mol. The van der Waals surface area contributed by atoms with E-state index >= 15 is 0 Å². The van der Waals surface area contributed by atoms with Gasteiger partial charge in [0.25, 0.3) is 0 Å². The first-order valence-electron chi connectivity index (χ1n) is 28.9. The average molecular weight is 1160 g/mol. The van der Waals surface area contributed by atoms with Crippen molar-refractivity contribution in [3.63, 3.8) is 0 Å². The van der Waals surface area contributed by atoms with Crippen LogP contribution in [0.5, 0.6) is 11.5 Å². The monoisotopic (exact) mass is 1160 g/mol. The predicted molar refractivity (Wildman–Crippen MR) is 321 cm³/mol. The van der Waals surface area contributed by atoms with Gasteiger partial charge in [-0.2, -0.15) is 0 Å². The number of likely N-dealkylation sites (N-methyl/N-ethyl adjacent to an activating group) is 1. The van der Waals surface area contributed by atoms with Gasteiger partial charge in [-0.05, 0) is 128 Å². The zero-order valence-corrected chi connectivity index (χ0v) is 52.6. The smallest absolute Gasteiger partial charge is 0.326 e. The van der Waals surface area contributed by atoms with Gasteiger partial charge >= 0.3 is 5.97 Å². The summed E-state index contributed by atoms with van der Waals surface area (Å²) in [6, 6.07) is 2.33. The summed E-state index contributed by atoms with van der Waals surface area (Å²) < 4.78 is 11.7. The molecule has 3 heterocycles. The van der Waals surface area contributed by atoms with Crippen molar-refractivity contribution in [2.75, 3.05) is 38.7 Å². The number of ether oxygens (including phenoxy) is 2. The number of aromatic hydroxyl groups is 2. The number of hydrogen-bond acceptors (Lipinski definition) is 13. The van der Waals surface area contributed by atoms with Crippen molar-refractivity contribution in [2.45, 2.75) is 232 Å². The van der Waals surface area contributed by atoms with Crippen LogP contribution in [0, 0.1) is 11.3 Å². The van der Waals surface area contributed by atoms with Gasteiger partial charge < -0.3 is 60.0 Å². The number of anilines is 1. The molecule has 18 nitrogen and oxygen atoms in total. The molecule has 5 unspecified atom stereocenters. The summed E-state index contributed by atoms with van der Waals surface area (Å²) in [5.74, 6) is -2.21. The Morgan fingerprint density at radius 1 is 1.00 bits per heavy atom. The fourth-order valence-electron chi connectivity index (χ4n) is 9.54. The largest absolute Gasteiger partial charge is 0.504 e. The van der Waals surface area contributed by atoms with Gasteiger partial charge in [-0.1, -0.05) is 85.3 Å². The molecule has 1 aromatic rings. The van der Waals surface area contributed by atoms with Crippen molar-refractivity contribution in [1.82, 2.24) is 20.4 Å². The number of thioether (sulfide) groups is 1. The number of allylic oxidation sites excluding steroid dienone is 4. The Labute approximate surface area is 488 Å². The Morgan fingerprint density at radius 2 is 1.65 bits per heavy atom. The number of nitrogens with one attached hydrogen (secondary N) is 2. The van der Waals surface area contributed by atoms with E-state index < -0.39 is 23.3 Å². The Morgan fingerprint density at radius 3 is 2.26 bits per heavy atom. The lowest BCUT2D eigenvalue weighted by atomic mass is 9.88. The number of aliphatic carboxylic acids is 1. The molecule has 19 heteroatoms. The number of aldehydes is 1. The zero-order valence-electron chi connectivity index (χ0n) is 51.8. The topological polar surface area (TPSA) is 256 Å².